The molecule has 1 N–H and O–H groups in total. The quantitative estimate of drug-likeness (QED) is 0.854. The first-order chi connectivity index (χ1) is 7.56. The number of ketones is 1. The summed E-state index contributed by atoms with van der Waals surface area (Å²) in [6.45, 7) is 3.37. The molecule has 0 radical (unpaired) electrons. The van der Waals surface area contributed by atoms with Gasteiger partial charge in [0, 0.05) is 6.92 Å². The third-order valence-electron chi connectivity index (χ3n) is 2.00. The standard InChI is InChI=1S/C10H10N2O2S2/c1-5-10(6(2)13)16-9(11-5)3-8-12-7(14)4-15-8/h4,14H,3H2,1-2H3. The molecule has 0 aliphatic rings. The van der Waals surface area contributed by atoms with Crippen molar-refractivity contribution in [2.75, 3.05) is 0 Å². The highest BCUT2D eigenvalue weighted by atomic mass is 32.1. The van der Waals surface area contributed by atoms with E-state index in [1.165, 1.54) is 22.7 Å². The third kappa shape index (κ3) is 2.28. The largest absolute Gasteiger partial charge is 0.493 e. The van der Waals surface area contributed by atoms with Gasteiger partial charge < -0.3 is 5.11 Å². The lowest BCUT2D eigenvalue weighted by molar-refractivity contribution is 0.102. The van der Waals surface area contributed by atoms with Gasteiger partial charge in [0.05, 0.1) is 22.4 Å². The second-order valence-corrected chi connectivity index (χ2v) is 5.38. The monoisotopic (exact) mass is 254 g/mol. The topological polar surface area (TPSA) is 63.1 Å². The predicted molar refractivity (Wildman–Crippen MR) is 63.4 cm³/mol. The predicted octanol–water partition coefficient (Wildman–Crippen LogP) is 2.41. The molecular formula is C10H10N2O2S2. The number of carbonyl (C=O) groups excluding carboxylic acids is 1. The highest BCUT2D eigenvalue weighted by molar-refractivity contribution is 7.14. The van der Waals surface area contributed by atoms with Crippen LogP contribution >= 0.6 is 22.7 Å². The smallest absolute Gasteiger partial charge is 0.222 e. The summed E-state index contributed by atoms with van der Waals surface area (Å²) in [4.78, 5) is 20.2. The van der Waals surface area contributed by atoms with Crippen molar-refractivity contribution < 1.29 is 9.90 Å². The van der Waals surface area contributed by atoms with Crippen LogP contribution in [0.15, 0.2) is 5.38 Å². The number of thiazole rings is 2. The summed E-state index contributed by atoms with van der Waals surface area (Å²) in [5, 5.41) is 12.4. The molecule has 84 valence electrons. The van der Waals surface area contributed by atoms with Crippen LogP contribution in [0.5, 0.6) is 5.88 Å². The van der Waals surface area contributed by atoms with E-state index in [0.29, 0.717) is 11.3 Å². The summed E-state index contributed by atoms with van der Waals surface area (Å²) in [6, 6.07) is 0. The average Bonchev–Trinajstić information content (AvgIpc) is 2.73. The third-order valence-corrected chi connectivity index (χ3v) is 4.10. The van der Waals surface area contributed by atoms with E-state index in [4.69, 9.17) is 5.11 Å². The lowest BCUT2D eigenvalue weighted by Gasteiger charge is -1.88. The number of aryl methyl sites for hydroxylation is 1. The van der Waals surface area contributed by atoms with Gasteiger partial charge in [0.1, 0.15) is 10.0 Å². The molecule has 0 atom stereocenters. The summed E-state index contributed by atoms with van der Waals surface area (Å²) in [5.41, 5.74) is 0.772. The van der Waals surface area contributed by atoms with Crippen LogP contribution in [0, 0.1) is 6.92 Å². The first kappa shape index (κ1) is 11.2. The Morgan fingerprint density at radius 3 is 2.69 bits per heavy atom. The van der Waals surface area contributed by atoms with E-state index >= 15 is 0 Å². The molecule has 16 heavy (non-hydrogen) atoms. The summed E-state index contributed by atoms with van der Waals surface area (Å²) in [7, 11) is 0. The molecule has 0 bridgehead atoms. The Morgan fingerprint density at radius 2 is 2.19 bits per heavy atom. The van der Waals surface area contributed by atoms with Gasteiger partial charge >= 0.3 is 0 Å². The van der Waals surface area contributed by atoms with E-state index in [-0.39, 0.29) is 11.7 Å². The van der Waals surface area contributed by atoms with Crippen LogP contribution in [0.3, 0.4) is 0 Å². The summed E-state index contributed by atoms with van der Waals surface area (Å²) in [6.07, 6.45) is 0.573. The van der Waals surface area contributed by atoms with Gasteiger partial charge in [-0.2, -0.15) is 0 Å². The zero-order chi connectivity index (χ0) is 11.7. The number of aromatic nitrogens is 2. The van der Waals surface area contributed by atoms with Crippen LogP contribution in [-0.4, -0.2) is 20.9 Å². The Labute approximate surface area is 101 Å². The maximum atomic E-state index is 11.3. The first-order valence-corrected chi connectivity index (χ1v) is 6.36. The normalized spacial score (nSPS) is 10.6. The minimum Gasteiger partial charge on any atom is -0.493 e. The van der Waals surface area contributed by atoms with Crippen LogP contribution < -0.4 is 0 Å². The molecule has 6 heteroatoms. The zero-order valence-corrected chi connectivity index (χ0v) is 10.5. The van der Waals surface area contributed by atoms with Crippen LogP contribution in [0.1, 0.15) is 32.3 Å². The van der Waals surface area contributed by atoms with Crippen molar-refractivity contribution in [3.63, 3.8) is 0 Å². The van der Waals surface area contributed by atoms with E-state index in [2.05, 4.69) is 9.97 Å². The van der Waals surface area contributed by atoms with Gasteiger partial charge in [0.2, 0.25) is 5.88 Å². The van der Waals surface area contributed by atoms with Gasteiger partial charge in [-0.1, -0.05) is 0 Å². The molecule has 0 amide bonds. The average molecular weight is 254 g/mol. The Kier molecular flexibility index (Phi) is 3.02. The molecule has 0 aliphatic carbocycles. The fraction of sp³-hybridized carbons (Fsp3) is 0.300. The van der Waals surface area contributed by atoms with Gasteiger partial charge in [-0.05, 0) is 6.92 Å². The van der Waals surface area contributed by atoms with Crippen LogP contribution in [0.25, 0.3) is 0 Å². The number of nitrogens with zero attached hydrogens (tertiary/aromatic N) is 2. The number of aromatic hydroxyl groups is 1. The number of rotatable bonds is 3. The first-order valence-electron chi connectivity index (χ1n) is 4.67. The van der Waals surface area contributed by atoms with Crippen molar-refractivity contribution in [1.29, 1.82) is 0 Å². The van der Waals surface area contributed by atoms with Crippen molar-refractivity contribution in [3.8, 4) is 5.88 Å². The molecule has 2 aromatic heterocycles. The van der Waals surface area contributed by atoms with Crippen molar-refractivity contribution >= 4 is 28.5 Å². The molecule has 0 aromatic carbocycles. The van der Waals surface area contributed by atoms with Gasteiger partial charge in [0.15, 0.2) is 5.78 Å². The van der Waals surface area contributed by atoms with E-state index in [9.17, 15) is 4.79 Å². The molecule has 2 rings (SSSR count). The minimum absolute atomic E-state index is 0.0417. The highest BCUT2D eigenvalue weighted by Crippen LogP contribution is 2.23. The number of carbonyl (C=O) groups is 1. The number of hydrogen-bond acceptors (Lipinski definition) is 6. The van der Waals surface area contributed by atoms with Crippen LogP contribution in [-0.2, 0) is 6.42 Å². The Balaban J connectivity index is 2.22. The molecular weight excluding hydrogens is 244 g/mol. The zero-order valence-electron chi connectivity index (χ0n) is 8.85. The molecule has 2 heterocycles. The highest BCUT2D eigenvalue weighted by Gasteiger charge is 2.12. The molecule has 0 saturated heterocycles. The van der Waals surface area contributed by atoms with E-state index < -0.39 is 0 Å². The van der Waals surface area contributed by atoms with Crippen LogP contribution in [0.2, 0.25) is 0 Å². The second-order valence-electron chi connectivity index (χ2n) is 3.35. The Hall–Kier alpha value is -1.27. The van der Waals surface area contributed by atoms with Gasteiger partial charge in [-0.3, -0.25) is 4.79 Å². The van der Waals surface area contributed by atoms with E-state index in [1.807, 2.05) is 6.92 Å². The minimum atomic E-state index is 0.0417. The lowest BCUT2D eigenvalue weighted by atomic mass is 10.3. The molecule has 0 aliphatic heterocycles. The molecule has 0 spiro atoms. The SMILES string of the molecule is CC(=O)c1sc(Cc2nc(O)cs2)nc1C. The van der Waals surface area contributed by atoms with Crippen molar-refractivity contribution in [3.05, 3.63) is 26.0 Å². The number of hydrogen-bond donors (Lipinski definition) is 1. The van der Waals surface area contributed by atoms with Crippen molar-refractivity contribution in [2.45, 2.75) is 20.3 Å². The van der Waals surface area contributed by atoms with E-state index in [0.717, 1.165) is 15.7 Å². The van der Waals surface area contributed by atoms with Crippen LogP contribution in [0.4, 0.5) is 0 Å². The van der Waals surface area contributed by atoms with Gasteiger partial charge in [-0.15, -0.1) is 22.7 Å². The van der Waals surface area contributed by atoms with Gasteiger partial charge in [-0.25, -0.2) is 9.97 Å². The second kappa shape index (κ2) is 4.31. The number of Topliss-reactive ketones (excluding diaryl/α,β-unsaturated/α-hetero) is 1. The molecule has 0 fully saturated rings. The Bertz CT molecular complexity index is 531. The Morgan fingerprint density at radius 1 is 1.44 bits per heavy atom. The van der Waals surface area contributed by atoms with Gasteiger partial charge in [0.25, 0.3) is 0 Å². The maximum absolute atomic E-state index is 11.3. The van der Waals surface area contributed by atoms with E-state index in [1.54, 1.807) is 12.3 Å². The van der Waals surface area contributed by atoms with Crippen molar-refractivity contribution in [2.24, 2.45) is 0 Å². The fourth-order valence-electron chi connectivity index (χ4n) is 1.37. The maximum Gasteiger partial charge on any atom is 0.222 e. The molecule has 0 unspecified atom stereocenters. The molecule has 0 saturated carbocycles. The summed E-state index contributed by atoms with van der Waals surface area (Å²) < 4.78 is 0. The molecule has 2 aromatic rings. The summed E-state index contributed by atoms with van der Waals surface area (Å²) >= 11 is 2.78. The summed E-state index contributed by atoms with van der Waals surface area (Å²) in [5.74, 6) is 0.0864. The molecule has 4 nitrogen and oxygen atoms in total. The van der Waals surface area contributed by atoms with Crippen molar-refractivity contribution in [1.82, 2.24) is 9.97 Å². The lowest BCUT2D eigenvalue weighted by Crippen LogP contribution is -1.89. The fourth-order valence-corrected chi connectivity index (χ4v) is 3.08.